The second-order valence-corrected chi connectivity index (χ2v) is 6.18. The Morgan fingerprint density at radius 3 is 2.69 bits per heavy atom. The predicted molar refractivity (Wildman–Crippen MR) is 68.7 cm³/mol. The van der Waals surface area contributed by atoms with E-state index in [0.717, 1.165) is 13.1 Å². The SMILES string of the molecule is CN(C)Cc1cnc(C2(CN)CCCC2)s1. The normalized spacial score (nSPS) is 19.5. The molecule has 1 fully saturated rings. The molecule has 1 aromatic rings. The van der Waals surface area contributed by atoms with Crippen LogP contribution < -0.4 is 5.73 Å². The van der Waals surface area contributed by atoms with Crippen LogP contribution in [0.1, 0.15) is 35.6 Å². The van der Waals surface area contributed by atoms with Crippen LogP contribution in [0.2, 0.25) is 0 Å². The summed E-state index contributed by atoms with van der Waals surface area (Å²) in [5, 5.41) is 1.27. The summed E-state index contributed by atoms with van der Waals surface area (Å²) in [4.78, 5) is 8.13. The van der Waals surface area contributed by atoms with Crippen molar-refractivity contribution in [3.05, 3.63) is 16.1 Å². The largest absolute Gasteiger partial charge is 0.329 e. The van der Waals surface area contributed by atoms with E-state index in [1.165, 1.54) is 35.6 Å². The van der Waals surface area contributed by atoms with Gasteiger partial charge in [-0.15, -0.1) is 11.3 Å². The molecule has 2 N–H and O–H groups in total. The molecule has 90 valence electrons. The Hall–Kier alpha value is -0.450. The fraction of sp³-hybridized carbons (Fsp3) is 0.750. The predicted octanol–water partition coefficient (Wildman–Crippen LogP) is 1.98. The van der Waals surface area contributed by atoms with Gasteiger partial charge in [0, 0.05) is 29.6 Å². The summed E-state index contributed by atoms with van der Waals surface area (Å²) in [6, 6.07) is 0. The Morgan fingerprint density at radius 1 is 1.44 bits per heavy atom. The Labute approximate surface area is 102 Å². The number of aromatic nitrogens is 1. The van der Waals surface area contributed by atoms with Crippen molar-refractivity contribution >= 4 is 11.3 Å². The van der Waals surface area contributed by atoms with Gasteiger partial charge < -0.3 is 10.6 Å². The molecule has 1 saturated carbocycles. The van der Waals surface area contributed by atoms with Crippen LogP contribution in [0.25, 0.3) is 0 Å². The summed E-state index contributed by atoms with van der Waals surface area (Å²) in [5.74, 6) is 0. The van der Waals surface area contributed by atoms with Crippen molar-refractivity contribution in [2.75, 3.05) is 20.6 Å². The first-order valence-electron chi connectivity index (χ1n) is 5.96. The van der Waals surface area contributed by atoms with Crippen LogP contribution in [0.4, 0.5) is 0 Å². The van der Waals surface area contributed by atoms with E-state index in [9.17, 15) is 0 Å². The van der Waals surface area contributed by atoms with E-state index in [0.29, 0.717) is 0 Å². The van der Waals surface area contributed by atoms with Crippen LogP contribution in [-0.2, 0) is 12.0 Å². The molecule has 0 radical (unpaired) electrons. The molecule has 0 unspecified atom stereocenters. The molecular formula is C12H21N3S. The standard InChI is InChI=1S/C12H21N3S/c1-15(2)8-10-7-14-11(16-10)12(9-13)5-3-4-6-12/h7H,3-6,8-9,13H2,1-2H3. The van der Waals surface area contributed by atoms with E-state index in [1.54, 1.807) is 0 Å². The van der Waals surface area contributed by atoms with Gasteiger partial charge in [-0.2, -0.15) is 0 Å². The van der Waals surface area contributed by atoms with Crippen LogP contribution in [0.5, 0.6) is 0 Å². The molecule has 0 bridgehead atoms. The Morgan fingerprint density at radius 2 is 2.12 bits per heavy atom. The van der Waals surface area contributed by atoms with Crippen molar-refractivity contribution in [3.8, 4) is 0 Å². The third-order valence-corrected chi connectivity index (χ3v) is 4.66. The summed E-state index contributed by atoms with van der Waals surface area (Å²) in [6.07, 6.45) is 7.08. The number of hydrogen-bond acceptors (Lipinski definition) is 4. The first kappa shape index (κ1) is 12.0. The number of rotatable bonds is 4. The highest BCUT2D eigenvalue weighted by Crippen LogP contribution is 2.41. The average molecular weight is 239 g/mol. The van der Waals surface area contributed by atoms with Crippen molar-refractivity contribution in [2.45, 2.75) is 37.6 Å². The lowest BCUT2D eigenvalue weighted by Crippen LogP contribution is -2.31. The molecule has 3 nitrogen and oxygen atoms in total. The van der Waals surface area contributed by atoms with Crippen molar-refractivity contribution in [2.24, 2.45) is 5.73 Å². The van der Waals surface area contributed by atoms with Gasteiger partial charge in [-0.25, -0.2) is 4.98 Å². The molecule has 16 heavy (non-hydrogen) atoms. The molecule has 0 spiro atoms. The van der Waals surface area contributed by atoms with Gasteiger partial charge in [-0.1, -0.05) is 12.8 Å². The second-order valence-electron chi connectivity index (χ2n) is 5.06. The zero-order chi connectivity index (χ0) is 11.6. The highest BCUT2D eigenvalue weighted by molar-refractivity contribution is 7.11. The summed E-state index contributed by atoms with van der Waals surface area (Å²) >= 11 is 1.85. The third kappa shape index (κ3) is 2.29. The lowest BCUT2D eigenvalue weighted by atomic mass is 9.87. The maximum atomic E-state index is 5.97. The third-order valence-electron chi connectivity index (χ3n) is 3.43. The monoisotopic (exact) mass is 239 g/mol. The zero-order valence-corrected chi connectivity index (χ0v) is 11.0. The summed E-state index contributed by atoms with van der Waals surface area (Å²) in [7, 11) is 4.18. The Bertz CT molecular complexity index is 340. The lowest BCUT2D eigenvalue weighted by molar-refractivity contribution is 0.406. The zero-order valence-electron chi connectivity index (χ0n) is 10.2. The fourth-order valence-electron chi connectivity index (χ4n) is 2.49. The summed E-state index contributed by atoms with van der Waals surface area (Å²) < 4.78 is 0. The van der Waals surface area contributed by atoms with Crippen LogP contribution in [-0.4, -0.2) is 30.5 Å². The van der Waals surface area contributed by atoms with E-state index >= 15 is 0 Å². The van der Waals surface area contributed by atoms with Crippen molar-refractivity contribution < 1.29 is 0 Å². The fourth-order valence-corrected chi connectivity index (χ4v) is 3.78. The second kappa shape index (κ2) is 4.82. The molecule has 0 aliphatic heterocycles. The minimum Gasteiger partial charge on any atom is -0.329 e. The van der Waals surface area contributed by atoms with E-state index < -0.39 is 0 Å². The molecule has 4 heteroatoms. The van der Waals surface area contributed by atoms with Crippen molar-refractivity contribution in [3.63, 3.8) is 0 Å². The van der Waals surface area contributed by atoms with Gasteiger partial charge in [0.25, 0.3) is 0 Å². The minimum atomic E-state index is 0.204. The van der Waals surface area contributed by atoms with Gasteiger partial charge in [-0.3, -0.25) is 0 Å². The Kier molecular flexibility index (Phi) is 3.62. The molecule has 1 heterocycles. The molecule has 0 atom stereocenters. The molecule has 0 amide bonds. The lowest BCUT2D eigenvalue weighted by Gasteiger charge is -2.24. The molecular weight excluding hydrogens is 218 g/mol. The Balaban J connectivity index is 2.16. The van der Waals surface area contributed by atoms with Gasteiger partial charge in [-0.05, 0) is 26.9 Å². The highest BCUT2D eigenvalue weighted by atomic mass is 32.1. The summed E-state index contributed by atoms with van der Waals surface area (Å²) in [6.45, 7) is 1.74. The quantitative estimate of drug-likeness (QED) is 0.873. The van der Waals surface area contributed by atoms with Gasteiger partial charge in [0.05, 0.1) is 0 Å². The summed E-state index contributed by atoms with van der Waals surface area (Å²) in [5.41, 5.74) is 6.17. The van der Waals surface area contributed by atoms with Crippen molar-refractivity contribution in [1.29, 1.82) is 0 Å². The molecule has 1 aliphatic rings. The minimum absolute atomic E-state index is 0.204. The first-order chi connectivity index (χ1) is 7.66. The highest BCUT2D eigenvalue weighted by Gasteiger charge is 2.36. The average Bonchev–Trinajstić information content (AvgIpc) is 2.85. The number of hydrogen-bond donors (Lipinski definition) is 1. The molecule has 1 aliphatic carbocycles. The van der Waals surface area contributed by atoms with Crippen molar-refractivity contribution in [1.82, 2.24) is 9.88 Å². The van der Waals surface area contributed by atoms with E-state index in [-0.39, 0.29) is 5.41 Å². The van der Waals surface area contributed by atoms with E-state index in [1.807, 2.05) is 17.5 Å². The van der Waals surface area contributed by atoms with Crippen LogP contribution in [0, 0.1) is 0 Å². The maximum Gasteiger partial charge on any atom is 0.100 e. The number of thiazole rings is 1. The van der Waals surface area contributed by atoms with E-state index in [4.69, 9.17) is 5.73 Å². The topological polar surface area (TPSA) is 42.2 Å². The van der Waals surface area contributed by atoms with Gasteiger partial charge >= 0.3 is 0 Å². The van der Waals surface area contributed by atoms with Gasteiger partial charge in [0.1, 0.15) is 5.01 Å². The van der Waals surface area contributed by atoms with Crippen LogP contribution in [0.3, 0.4) is 0 Å². The molecule has 2 rings (SSSR count). The molecule has 0 aromatic carbocycles. The van der Waals surface area contributed by atoms with Gasteiger partial charge in [0.2, 0.25) is 0 Å². The molecule has 0 saturated heterocycles. The number of nitrogens with zero attached hydrogens (tertiary/aromatic N) is 2. The van der Waals surface area contributed by atoms with Crippen LogP contribution >= 0.6 is 11.3 Å². The first-order valence-corrected chi connectivity index (χ1v) is 6.78. The van der Waals surface area contributed by atoms with E-state index in [2.05, 4.69) is 24.0 Å². The smallest absolute Gasteiger partial charge is 0.100 e. The maximum absolute atomic E-state index is 5.97. The van der Waals surface area contributed by atoms with Gasteiger partial charge in [0.15, 0.2) is 0 Å². The number of nitrogens with two attached hydrogens (primary N) is 1. The molecule has 1 aromatic heterocycles. The van der Waals surface area contributed by atoms with Crippen LogP contribution in [0.15, 0.2) is 6.20 Å².